The van der Waals surface area contributed by atoms with Gasteiger partial charge in [-0.2, -0.15) is 0 Å². The highest BCUT2D eigenvalue weighted by Crippen LogP contribution is 2.70. The van der Waals surface area contributed by atoms with Gasteiger partial charge in [0.25, 0.3) is 5.91 Å². The lowest BCUT2D eigenvalue weighted by Gasteiger charge is -2.34. The molecule has 4 aliphatic rings. The van der Waals surface area contributed by atoms with Gasteiger partial charge in [0.2, 0.25) is 11.1 Å². The number of hydrogen-bond donors (Lipinski definition) is 4. The fraction of sp³-hybridized carbons (Fsp3) is 0.486. The Hall–Kier alpha value is -3.72. The second-order valence-electron chi connectivity index (χ2n) is 14.9. The third kappa shape index (κ3) is 5.60. The van der Waals surface area contributed by atoms with Crippen LogP contribution < -0.4 is 10.6 Å². The Kier molecular flexibility index (Phi) is 8.39. The average Bonchev–Trinajstić information content (AvgIpc) is 3.56. The van der Waals surface area contributed by atoms with Crippen molar-refractivity contribution in [2.24, 2.45) is 11.8 Å². The van der Waals surface area contributed by atoms with Gasteiger partial charge in [0.05, 0.1) is 51.7 Å². The number of anilines is 2. The fourth-order valence-electron chi connectivity index (χ4n) is 8.52. The third-order valence-electron chi connectivity index (χ3n) is 11.5. The first kappa shape index (κ1) is 34.4. The van der Waals surface area contributed by atoms with Crippen molar-refractivity contribution >= 4 is 90.9 Å². The second kappa shape index (κ2) is 12.5. The van der Waals surface area contributed by atoms with Crippen molar-refractivity contribution in [2.75, 3.05) is 37.1 Å². The number of imidazole rings is 2. The molecule has 266 valence electrons. The van der Waals surface area contributed by atoms with Crippen LogP contribution in [0.15, 0.2) is 36.4 Å². The Labute approximate surface area is 304 Å². The summed E-state index contributed by atoms with van der Waals surface area (Å²) < 4.78 is 0. The molecule has 8 rings (SSSR count). The number of urea groups is 1. The molecule has 1 spiro atoms. The number of likely N-dealkylation sites (tertiary alicyclic amines) is 2. The summed E-state index contributed by atoms with van der Waals surface area (Å²) in [5.41, 5.74) is 3.98. The molecule has 14 heteroatoms. The summed E-state index contributed by atoms with van der Waals surface area (Å²) in [6, 6.07) is 10.9. The molecule has 4 fully saturated rings. The SMILES string of the molecule is C=[P+](C)C1(C(=O)N2CCCC2(C)c2nc3ccc(NC(=O)Nc4ccc5nc(C6SC67CCCN7C(=O)C(C)C=PC)[nH]c5c4)cc3[nH]2)CC1C. The van der Waals surface area contributed by atoms with Gasteiger partial charge in [-0.15, -0.1) is 20.0 Å². The van der Waals surface area contributed by atoms with Gasteiger partial charge in [-0.05, 0) is 88.4 Å². The van der Waals surface area contributed by atoms with Crippen LogP contribution in [0.25, 0.3) is 22.1 Å². The number of fused-ring (bicyclic) bond motifs is 2. The number of benzene rings is 2. The number of carbonyl (C=O) groups excluding carboxylic acids is 3. The quantitative estimate of drug-likeness (QED) is 0.110. The maximum atomic E-state index is 13.9. The number of carbonyl (C=O) groups is 3. The second-order valence-corrected chi connectivity index (χ2v) is 19.4. The molecule has 1 saturated carbocycles. The van der Waals surface area contributed by atoms with Crippen LogP contribution in [0, 0.1) is 11.8 Å². The Morgan fingerprint density at radius 3 is 2.31 bits per heavy atom. The molecule has 0 bridgehead atoms. The number of aromatic nitrogens is 4. The highest BCUT2D eigenvalue weighted by atomic mass is 32.2. The zero-order valence-corrected chi connectivity index (χ0v) is 32.4. The van der Waals surface area contributed by atoms with Gasteiger partial charge in [-0.3, -0.25) is 9.59 Å². The standard InChI is InChI=1S/C37H44N8O3P2S/c1-21(20-49-4)31(46)44-15-8-14-37(44)29(51-37)30-40-25-11-9-23(17-27(25)41-30)38-34(48)39-24-10-12-26-28(18-24)43-32(42-26)35(3)13-7-16-45(35)33(47)36(50(5)6)19-22(36)2/h9-12,17-18,20-22,29H,5,7-8,13-16,19H2,1-4,6H3,(H3-,38,39,40,41,42,43,48)/p+1. The van der Waals surface area contributed by atoms with Crippen LogP contribution in [0.4, 0.5) is 16.2 Å². The summed E-state index contributed by atoms with van der Waals surface area (Å²) >= 11 is 1.81. The van der Waals surface area contributed by atoms with E-state index in [1.54, 1.807) is 11.8 Å². The zero-order chi connectivity index (χ0) is 35.9. The first-order valence-corrected chi connectivity index (χ1v) is 22.0. The summed E-state index contributed by atoms with van der Waals surface area (Å²) in [5.74, 6) is 4.38. The summed E-state index contributed by atoms with van der Waals surface area (Å²) in [5, 5.41) is 5.70. The van der Waals surface area contributed by atoms with Gasteiger partial charge in [0.15, 0.2) is 0 Å². The maximum absolute atomic E-state index is 13.9. The molecule has 7 unspecified atom stereocenters. The van der Waals surface area contributed by atoms with Gasteiger partial charge < -0.3 is 30.4 Å². The first-order valence-electron chi connectivity index (χ1n) is 17.8. The van der Waals surface area contributed by atoms with Crippen molar-refractivity contribution in [1.29, 1.82) is 0 Å². The number of amides is 4. The predicted molar refractivity (Wildman–Crippen MR) is 212 cm³/mol. The molecule has 1 aliphatic carbocycles. The number of nitrogens with one attached hydrogen (secondary N) is 4. The molecular weight excluding hydrogens is 698 g/mol. The number of H-pyrrole nitrogens is 2. The molecule has 5 heterocycles. The molecule has 2 aromatic heterocycles. The molecule has 3 aliphatic heterocycles. The Bertz CT molecular complexity index is 2150. The summed E-state index contributed by atoms with van der Waals surface area (Å²) in [4.78, 5) is 61.0. The predicted octanol–water partition coefficient (Wildman–Crippen LogP) is 7.36. The van der Waals surface area contributed by atoms with Crippen molar-refractivity contribution in [3.05, 3.63) is 48.0 Å². The maximum Gasteiger partial charge on any atom is 0.323 e. The molecule has 4 N–H and O–H groups in total. The minimum absolute atomic E-state index is 0.0990. The molecule has 4 aromatic rings. The van der Waals surface area contributed by atoms with Crippen LogP contribution >= 0.6 is 27.5 Å². The van der Waals surface area contributed by atoms with E-state index in [0.717, 1.165) is 87.1 Å². The van der Waals surface area contributed by atoms with Crippen LogP contribution in [0.1, 0.15) is 69.8 Å². The molecule has 51 heavy (non-hydrogen) atoms. The third-order valence-corrected chi connectivity index (χ3v) is 16.1. The van der Waals surface area contributed by atoms with Gasteiger partial charge in [0, 0.05) is 36.8 Å². The smallest absolute Gasteiger partial charge is 0.323 e. The number of rotatable bonds is 8. The normalized spacial score (nSPS) is 29.3. The topological polar surface area (TPSA) is 139 Å². The van der Waals surface area contributed by atoms with E-state index < -0.39 is 13.1 Å². The van der Waals surface area contributed by atoms with E-state index in [1.807, 2.05) is 54.9 Å². The molecule has 2 aromatic carbocycles. The van der Waals surface area contributed by atoms with Crippen LogP contribution in [0.3, 0.4) is 0 Å². The van der Waals surface area contributed by atoms with Crippen LogP contribution in [-0.4, -0.2) is 96.1 Å². The molecule has 7 atom stereocenters. The van der Waals surface area contributed by atoms with Crippen molar-refractivity contribution < 1.29 is 14.4 Å². The van der Waals surface area contributed by atoms with E-state index in [2.05, 4.69) is 58.1 Å². The number of nitrogens with zero attached hydrogens (tertiary/aromatic N) is 4. The van der Waals surface area contributed by atoms with Gasteiger partial charge >= 0.3 is 6.03 Å². The van der Waals surface area contributed by atoms with E-state index in [4.69, 9.17) is 9.97 Å². The Morgan fingerprint density at radius 2 is 1.67 bits per heavy atom. The van der Waals surface area contributed by atoms with E-state index in [9.17, 15) is 14.4 Å². The molecular formula is C37H45N8O3P2S+. The lowest BCUT2D eigenvalue weighted by molar-refractivity contribution is -0.136. The average molecular weight is 744 g/mol. The van der Waals surface area contributed by atoms with Crippen molar-refractivity contribution in [3.63, 3.8) is 0 Å². The number of aromatic amines is 2. The molecule has 0 radical (unpaired) electrons. The lowest BCUT2D eigenvalue weighted by Crippen LogP contribution is -2.48. The largest absolute Gasteiger partial charge is 0.341 e. The number of hydrogen-bond acceptors (Lipinski definition) is 6. The van der Waals surface area contributed by atoms with Crippen LogP contribution in [-0.2, 0) is 15.1 Å². The summed E-state index contributed by atoms with van der Waals surface area (Å²) in [6.07, 6.45) is 8.97. The van der Waals surface area contributed by atoms with E-state index in [-0.39, 0.29) is 39.0 Å². The van der Waals surface area contributed by atoms with Gasteiger partial charge in [0.1, 0.15) is 24.1 Å². The minimum atomic E-state index is -0.643. The monoisotopic (exact) mass is 743 g/mol. The van der Waals surface area contributed by atoms with Crippen LogP contribution in [0.2, 0.25) is 0 Å². The minimum Gasteiger partial charge on any atom is -0.341 e. The van der Waals surface area contributed by atoms with Crippen LogP contribution in [0.5, 0.6) is 0 Å². The Balaban J connectivity index is 0.942. The number of thioether (sulfide) groups is 1. The van der Waals surface area contributed by atoms with Crippen molar-refractivity contribution in [3.8, 4) is 0 Å². The van der Waals surface area contributed by atoms with Gasteiger partial charge in [-0.1, -0.05) is 6.92 Å². The molecule has 4 amide bonds. The fourth-order valence-corrected chi connectivity index (χ4v) is 12.4. The summed E-state index contributed by atoms with van der Waals surface area (Å²) in [7, 11) is 0.470. The van der Waals surface area contributed by atoms with Gasteiger partial charge in [-0.25, -0.2) is 14.8 Å². The van der Waals surface area contributed by atoms with Crippen molar-refractivity contribution in [2.45, 2.75) is 73.7 Å². The molecule has 3 saturated heterocycles. The van der Waals surface area contributed by atoms with Crippen molar-refractivity contribution in [1.82, 2.24) is 29.7 Å². The molecule has 11 nitrogen and oxygen atoms in total. The zero-order valence-electron chi connectivity index (χ0n) is 29.7. The summed E-state index contributed by atoms with van der Waals surface area (Å²) in [6.45, 7) is 11.9. The highest BCUT2D eigenvalue weighted by Gasteiger charge is 2.69. The van der Waals surface area contributed by atoms with E-state index >= 15 is 0 Å². The Morgan fingerprint density at radius 1 is 1.04 bits per heavy atom. The highest BCUT2D eigenvalue weighted by molar-refractivity contribution is 8.08. The van der Waals surface area contributed by atoms with E-state index in [0.29, 0.717) is 17.3 Å². The van der Waals surface area contributed by atoms with E-state index in [1.165, 1.54) is 0 Å². The lowest BCUT2D eigenvalue weighted by atomic mass is 9.97. The first-order chi connectivity index (χ1) is 24.4.